The van der Waals surface area contributed by atoms with Gasteiger partial charge < -0.3 is 20.1 Å². The molecule has 3 aromatic carbocycles. The van der Waals surface area contributed by atoms with Crippen LogP contribution >= 0.6 is 0 Å². The second kappa shape index (κ2) is 5.56. The van der Waals surface area contributed by atoms with Crippen molar-refractivity contribution >= 4 is 5.78 Å². The minimum Gasteiger partial charge on any atom is -0.504 e. The predicted octanol–water partition coefficient (Wildman–Crippen LogP) is 4.00. The highest BCUT2D eigenvalue weighted by atomic mass is 16.5. The van der Waals surface area contributed by atoms with E-state index in [1.54, 1.807) is 6.07 Å². The van der Waals surface area contributed by atoms with Gasteiger partial charge in [0.05, 0.1) is 0 Å². The number of phenols is 3. The number of ether oxygens (including phenoxy) is 1. The smallest absolute Gasteiger partial charge is 0.201 e. The van der Waals surface area contributed by atoms with E-state index in [2.05, 4.69) is 0 Å². The molecule has 0 spiro atoms. The fraction of sp³-hybridized carbons (Fsp3) is 0.0500. The Bertz CT molecular complexity index is 993. The number of aromatic hydroxyl groups is 3. The van der Waals surface area contributed by atoms with E-state index in [0.717, 1.165) is 17.2 Å². The summed E-state index contributed by atoms with van der Waals surface area (Å²) in [6.45, 7) is 0. The maximum atomic E-state index is 12.6. The third kappa shape index (κ3) is 2.46. The van der Waals surface area contributed by atoms with Gasteiger partial charge in [-0.1, -0.05) is 36.4 Å². The van der Waals surface area contributed by atoms with Crippen LogP contribution in [0.15, 0.2) is 54.6 Å². The van der Waals surface area contributed by atoms with Crippen LogP contribution < -0.4 is 4.74 Å². The highest BCUT2D eigenvalue weighted by molar-refractivity contribution is 6.04. The molecule has 3 N–H and O–H groups in total. The topological polar surface area (TPSA) is 87.0 Å². The summed E-state index contributed by atoms with van der Waals surface area (Å²) in [4.78, 5) is 12.6. The van der Waals surface area contributed by atoms with Gasteiger partial charge in [0.2, 0.25) is 5.75 Å². The number of hydrogen-bond acceptors (Lipinski definition) is 5. The van der Waals surface area contributed by atoms with E-state index < -0.39 is 23.0 Å². The summed E-state index contributed by atoms with van der Waals surface area (Å²) in [5.74, 6) is -1.86. The molecule has 0 saturated carbocycles. The quantitative estimate of drug-likeness (QED) is 0.586. The van der Waals surface area contributed by atoms with Gasteiger partial charge in [-0.2, -0.15) is 0 Å². The number of carbonyl (C=O) groups excluding carboxylic acids is 1. The maximum Gasteiger partial charge on any atom is 0.201 e. The largest absolute Gasteiger partial charge is 0.504 e. The van der Waals surface area contributed by atoms with Crippen LogP contribution in [0.25, 0.3) is 11.1 Å². The summed E-state index contributed by atoms with van der Waals surface area (Å²) in [6.07, 6.45) is 0.0147. The molecule has 0 saturated heterocycles. The van der Waals surface area contributed by atoms with Gasteiger partial charge in [0, 0.05) is 18.1 Å². The molecule has 0 amide bonds. The first-order chi connectivity index (χ1) is 12.0. The van der Waals surface area contributed by atoms with Crippen LogP contribution in [0.4, 0.5) is 0 Å². The number of fused-ring (bicyclic) bond motifs is 2. The van der Waals surface area contributed by atoms with Crippen LogP contribution in [0.2, 0.25) is 0 Å². The van der Waals surface area contributed by atoms with E-state index >= 15 is 0 Å². The molecule has 0 fully saturated rings. The Kier molecular flexibility index (Phi) is 3.35. The zero-order valence-corrected chi connectivity index (χ0v) is 13.1. The molecule has 0 radical (unpaired) electrons. The third-order valence-corrected chi connectivity index (χ3v) is 4.24. The Morgan fingerprint density at radius 2 is 1.56 bits per heavy atom. The van der Waals surface area contributed by atoms with Gasteiger partial charge >= 0.3 is 0 Å². The minimum absolute atomic E-state index is 0.0147. The van der Waals surface area contributed by atoms with E-state index in [9.17, 15) is 20.1 Å². The van der Waals surface area contributed by atoms with Crippen molar-refractivity contribution in [3.05, 3.63) is 65.7 Å². The van der Waals surface area contributed by atoms with E-state index in [-0.39, 0.29) is 17.7 Å². The van der Waals surface area contributed by atoms with E-state index in [0.29, 0.717) is 11.3 Å². The van der Waals surface area contributed by atoms with E-state index in [1.807, 2.05) is 42.5 Å². The monoisotopic (exact) mass is 334 g/mol. The summed E-state index contributed by atoms with van der Waals surface area (Å²) in [5, 5.41) is 29.4. The number of benzene rings is 3. The number of ketones is 1. The third-order valence-electron chi connectivity index (χ3n) is 4.24. The number of hydrogen-bond donors (Lipinski definition) is 3. The summed E-state index contributed by atoms with van der Waals surface area (Å²) < 4.78 is 5.73. The predicted molar refractivity (Wildman–Crippen MR) is 91.4 cm³/mol. The number of rotatable bonds is 1. The molecule has 0 aliphatic carbocycles. The van der Waals surface area contributed by atoms with Gasteiger partial charge in [-0.15, -0.1) is 0 Å². The van der Waals surface area contributed by atoms with Gasteiger partial charge in [0.1, 0.15) is 17.1 Å². The average molecular weight is 334 g/mol. The molecule has 5 heteroatoms. The number of phenolic OH excluding ortho intramolecular Hbond substituents is 3. The van der Waals surface area contributed by atoms with Gasteiger partial charge in [-0.25, -0.2) is 0 Å². The van der Waals surface area contributed by atoms with Crippen molar-refractivity contribution in [2.24, 2.45) is 0 Å². The van der Waals surface area contributed by atoms with Crippen LogP contribution in [0, 0.1) is 0 Å². The van der Waals surface area contributed by atoms with Crippen LogP contribution in [0.5, 0.6) is 28.7 Å². The molecule has 1 aliphatic heterocycles. The lowest BCUT2D eigenvalue weighted by Crippen LogP contribution is -2.02. The Morgan fingerprint density at radius 1 is 0.800 bits per heavy atom. The molecule has 0 atom stereocenters. The number of carbonyl (C=O) groups is 1. The molecule has 3 aromatic rings. The summed E-state index contributed by atoms with van der Waals surface area (Å²) in [6, 6.07) is 16.4. The summed E-state index contributed by atoms with van der Waals surface area (Å²) >= 11 is 0. The van der Waals surface area contributed by atoms with Gasteiger partial charge in [-0.3, -0.25) is 4.79 Å². The maximum absolute atomic E-state index is 12.6. The van der Waals surface area contributed by atoms with Crippen LogP contribution in [-0.4, -0.2) is 21.1 Å². The molecular formula is C20H14O5. The first-order valence-corrected chi connectivity index (χ1v) is 7.72. The Hall–Kier alpha value is -3.47. The lowest BCUT2D eigenvalue weighted by Gasteiger charge is -2.11. The van der Waals surface area contributed by atoms with Crippen molar-refractivity contribution < 1.29 is 24.9 Å². The van der Waals surface area contributed by atoms with E-state index in [4.69, 9.17) is 4.74 Å². The van der Waals surface area contributed by atoms with Crippen molar-refractivity contribution in [1.82, 2.24) is 0 Å². The van der Waals surface area contributed by atoms with Crippen molar-refractivity contribution in [2.45, 2.75) is 6.42 Å². The average Bonchev–Trinajstić information content (AvgIpc) is 2.75. The second-order valence-electron chi connectivity index (χ2n) is 5.86. The van der Waals surface area contributed by atoms with Crippen molar-refractivity contribution in [3.63, 3.8) is 0 Å². The molecule has 0 bridgehead atoms. The fourth-order valence-corrected chi connectivity index (χ4v) is 2.98. The van der Waals surface area contributed by atoms with Crippen molar-refractivity contribution in [3.8, 4) is 39.9 Å². The zero-order chi connectivity index (χ0) is 17.6. The normalized spacial score (nSPS) is 12.7. The first kappa shape index (κ1) is 15.1. The van der Waals surface area contributed by atoms with Crippen molar-refractivity contribution in [1.29, 1.82) is 0 Å². The summed E-state index contributed by atoms with van der Waals surface area (Å²) in [7, 11) is 0. The molecule has 1 aliphatic rings. The molecular weight excluding hydrogens is 320 g/mol. The Balaban J connectivity index is 1.83. The Morgan fingerprint density at radius 3 is 2.32 bits per heavy atom. The minimum atomic E-state index is -0.730. The number of Topliss-reactive ketones (excluding diaryl/α,β-unsaturated/α-hetero) is 1. The van der Waals surface area contributed by atoms with Gasteiger partial charge in [-0.05, 0) is 23.3 Å². The molecule has 25 heavy (non-hydrogen) atoms. The molecule has 0 aromatic heterocycles. The lowest BCUT2D eigenvalue weighted by molar-refractivity contribution is 0.0990. The first-order valence-electron chi connectivity index (χ1n) is 7.72. The highest BCUT2D eigenvalue weighted by Crippen LogP contribution is 2.47. The van der Waals surface area contributed by atoms with Gasteiger partial charge in [0.25, 0.3) is 0 Å². The molecule has 1 heterocycles. The standard InChI is InChI=1S/C20H14O5/c21-14-9-13-8-12(11-4-2-1-3-5-11)6-7-16(13)25-17-10-15(22)19(23)20(24)18(14)17/h1-8,10,22-24H,9H2. The molecule has 4 rings (SSSR count). The molecule has 5 nitrogen and oxygen atoms in total. The SMILES string of the molecule is O=C1Cc2cc(-c3ccccc3)ccc2Oc2cc(O)c(O)c(O)c21. The van der Waals surface area contributed by atoms with Crippen LogP contribution in [0.3, 0.4) is 0 Å². The highest BCUT2D eigenvalue weighted by Gasteiger charge is 2.28. The molecule has 124 valence electrons. The Labute approximate surface area is 143 Å². The van der Waals surface area contributed by atoms with E-state index in [1.165, 1.54) is 0 Å². The van der Waals surface area contributed by atoms with Gasteiger partial charge in [0.15, 0.2) is 17.3 Å². The van der Waals surface area contributed by atoms with Crippen LogP contribution in [0.1, 0.15) is 15.9 Å². The van der Waals surface area contributed by atoms with Crippen molar-refractivity contribution in [2.75, 3.05) is 0 Å². The second-order valence-corrected chi connectivity index (χ2v) is 5.86. The summed E-state index contributed by atoms with van der Waals surface area (Å²) in [5.41, 5.74) is 2.49. The zero-order valence-electron chi connectivity index (χ0n) is 13.1. The molecule has 0 unspecified atom stereocenters. The fourth-order valence-electron chi connectivity index (χ4n) is 2.98. The van der Waals surface area contributed by atoms with Crippen LogP contribution in [-0.2, 0) is 6.42 Å². The lowest BCUT2D eigenvalue weighted by atomic mass is 9.98.